The zero-order valence-corrected chi connectivity index (χ0v) is 27.8. The Balaban J connectivity index is 1.41. The molecule has 0 aliphatic carbocycles. The Hall–Kier alpha value is -4.86. The predicted octanol–water partition coefficient (Wildman–Crippen LogP) is 5.11. The zero-order valence-electron chi connectivity index (χ0n) is 25.4. The van der Waals surface area contributed by atoms with Crippen LogP contribution < -0.4 is 30.3 Å². The van der Waals surface area contributed by atoms with Gasteiger partial charge in [-0.05, 0) is 59.6 Å². The molecule has 1 aliphatic heterocycles. The largest absolute Gasteiger partial charge is 0.490 e. The number of nitrogens with one attached hydrogen (secondary N) is 3. The highest BCUT2D eigenvalue weighted by Crippen LogP contribution is 2.37. The van der Waals surface area contributed by atoms with Crippen molar-refractivity contribution in [2.75, 3.05) is 20.3 Å². The van der Waals surface area contributed by atoms with E-state index < -0.39 is 29.2 Å². The van der Waals surface area contributed by atoms with E-state index in [9.17, 15) is 24.8 Å². The third-order valence-electron chi connectivity index (χ3n) is 6.68. The van der Waals surface area contributed by atoms with E-state index in [4.69, 9.17) is 30.5 Å². The van der Waals surface area contributed by atoms with Crippen molar-refractivity contribution in [3.05, 3.63) is 102 Å². The number of nitrogens with zero attached hydrogens (tertiary/aromatic N) is 2. The van der Waals surface area contributed by atoms with E-state index in [1.165, 1.54) is 19.4 Å². The van der Waals surface area contributed by atoms with Crippen LogP contribution in [0.1, 0.15) is 36.6 Å². The third kappa shape index (κ3) is 8.90. The molecule has 3 aromatic rings. The maximum absolute atomic E-state index is 12.4. The molecule has 1 aliphatic rings. The summed E-state index contributed by atoms with van der Waals surface area (Å²) in [5.41, 5.74) is 4.36. The molecule has 0 unspecified atom stereocenters. The van der Waals surface area contributed by atoms with Crippen molar-refractivity contribution < 1.29 is 38.6 Å². The Morgan fingerprint density at radius 3 is 2.66 bits per heavy atom. The molecule has 2 atom stereocenters. The molecule has 14 nitrogen and oxygen atoms in total. The van der Waals surface area contributed by atoms with Gasteiger partial charge in [0.2, 0.25) is 5.75 Å². The second kappa shape index (κ2) is 16.1. The van der Waals surface area contributed by atoms with Gasteiger partial charge in [-0.1, -0.05) is 35.9 Å². The Kier molecular flexibility index (Phi) is 12.0. The van der Waals surface area contributed by atoms with Gasteiger partial charge in [0.05, 0.1) is 40.9 Å². The fourth-order valence-corrected chi connectivity index (χ4v) is 5.31. The van der Waals surface area contributed by atoms with Gasteiger partial charge in [-0.3, -0.25) is 15.5 Å². The first-order valence-corrected chi connectivity index (χ1v) is 15.3. The number of nitro groups is 1. The topological polar surface area (TPSA) is 183 Å². The molecule has 248 valence electrons. The lowest BCUT2D eigenvalue weighted by atomic mass is 9.95. The molecule has 0 radical (unpaired) electrons. The Bertz CT molecular complexity index is 1720. The molecule has 4 N–H and O–H groups in total. The number of allylic oxidation sites excluding steroid dienone is 1. The summed E-state index contributed by atoms with van der Waals surface area (Å²) in [6.45, 7) is 3.43. The summed E-state index contributed by atoms with van der Waals surface area (Å²) in [4.78, 5) is 35.8. The van der Waals surface area contributed by atoms with Gasteiger partial charge in [0.25, 0.3) is 0 Å². The van der Waals surface area contributed by atoms with Crippen molar-refractivity contribution in [3.63, 3.8) is 0 Å². The smallest absolute Gasteiger partial charge is 0.337 e. The lowest BCUT2D eigenvalue weighted by Gasteiger charge is -2.28. The molecule has 0 saturated carbocycles. The highest BCUT2D eigenvalue weighted by atomic mass is 79.9. The number of hydrogen-bond acceptors (Lipinski definition) is 11. The fourth-order valence-electron chi connectivity index (χ4n) is 4.54. The second-order valence-electron chi connectivity index (χ2n) is 9.90. The van der Waals surface area contributed by atoms with Gasteiger partial charge in [0.1, 0.15) is 13.2 Å². The SMILES string of the molecule is CCOc1cc([C@H]2NC(=O)NC(C)=C2C(=O)OC)ccc1OC[C@@H](O)N/N=C/c1cc(Br)c(OCc2ccccc2Cl)c([N+](=O)[O-])c1. The number of carbonyl (C=O) groups is 2. The first-order valence-electron chi connectivity index (χ1n) is 14.1. The lowest BCUT2D eigenvalue weighted by Crippen LogP contribution is -2.45. The van der Waals surface area contributed by atoms with Crippen molar-refractivity contribution in [1.82, 2.24) is 16.1 Å². The van der Waals surface area contributed by atoms with Crippen LogP contribution in [0.2, 0.25) is 5.02 Å². The number of hydrazone groups is 1. The number of esters is 1. The molecular formula is C31H31BrClN5O9. The zero-order chi connectivity index (χ0) is 34.1. The van der Waals surface area contributed by atoms with Crippen LogP contribution in [0.4, 0.5) is 10.5 Å². The molecule has 0 aromatic heterocycles. The van der Waals surface area contributed by atoms with Crippen molar-refractivity contribution in [3.8, 4) is 17.2 Å². The molecule has 0 bridgehead atoms. The van der Waals surface area contributed by atoms with Crippen molar-refractivity contribution >= 4 is 51.4 Å². The number of amides is 2. The van der Waals surface area contributed by atoms with Gasteiger partial charge in [0, 0.05) is 27.9 Å². The van der Waals surface area contributed by atoms with Crippen LogP contribution in [0.3, 0.4) is 0 Å². The highest BCUT2D eigenvalue weighted by molar-refractivity contribution is 9.10. The molecule has 2 amide bonds. The minimum Gasteiger partial charge on any atom is -0.490 e. The molecule has 47 heavy (non-hydrogen) atoms. The lowest BCUT2D eigenvalue weighted by molar-refractivity contribution is -0.386. The average Bonchev–Trinajstić information content (AvgIpc) is 3.03. The summed E-state index contributed by atoms with van der Waals surface area (Å²) in [6, 6.07) is 13.4. The summed E-state index contributed by atoms with van der Waals surface area (Å²) in [5, 5.41) is 32.0. The second-order valence-corrected chi connectivity index (χ2v) is 11.2. The Morgan fingerprint density at radius 2 is 1.96 bits per heavy atom. The molecule has 3 aromatic carbocycles. The number of aliphatic hydroxyl groups excluding tert-OH is 1. The van der Waals surface area contributed by atoms with Crippen LogP contribution in [0, 0.1) is 10.1 Å². The van der Waals surface area contributed by atoms with Crippen LogP contribution in [0.5, 0.6) is 17.2 Å². The minimum absolute atomic E-state index is 0.0217. The maximum Gasteiger partial charge on any atom is 0.337 e. The Labute approximate surface area is 283 Å². The van der Waals surface area contributed by atoms with Crippen LogP contribution in [0.25, 0.3) is 0 Å². The van der Waals surface area contributed by atoms with Gasteiger partial charge >= 0.3 is 17.7 Å². The number of ether oxygens (including phenoxy) is 4. The van der Waals surface area contributed by atoms with Gasteiger partial charge < -0.3 is 34.7 Å². The van der Waals surface area contributed by atoms with E-state index in [1.807, 2.05) is 0 Å². The first kappa shape index (κ1) is 35.0. The van der Waals surface area contributed by atoms with Gasteiger partial charge in [-0.2, -0.15) is 5.10 Å². The van der Waals surface area contributed by atoms with E-state index in [0.29, 0.717) is 37.6 Å². The van der Waals surface area contributed by atoms with Gasteiger partial charge in [-0.15, -0.1) is 0 Å². The molecule has 0 saturated heterocycles. The molecule has 0 spiro atoms. The summed E-state index contributed by atoms with van der Waals surface area (Å²) >= 11 is 9.49. The first-order chi connectivity index (χ1) is 22.5. The number of halogens is 2. The number of aliphatic hydroxyl groups is 1. The number of nitro benzene ring substituents is 1. The van der Waals surface area contributed by atoms with Crippen molar-refractivity contribution in [2.24, 2.45) is 5.10 Å². The Morgan fingerprint density at radius 1 is 1.19 bits per heavy atom. The van der Waals surface area contributed by atoms with E-state index in [-0.39, 0.29) is 42.6 Å². The number of urea groups is 1. The highest BCUT2D eigenvalue weighted by Gasteiger charge is 2.32. The summed E-state index contributed by atoms with van der Waals surface area (Å²) in [7, 11) is 1.25. The number of carbonyl (C=O) groups excluding carboxylic acids is 2. The molecular weight excluding hydrogens is 702 g/mol. The van der Waals surface area contributed by atoms with Crippen molar-refractivity contribution in [2.45, 2.75) is 32.7 Å². The number of hydrogen-bond donors (Lipinski definition) is 4. The third-order valence-corrected chi connectivity index (χ3v) is 7.64. The molecule has 1 heterocycles. The normalized spacial score (nSPS) is 15.0. The van der Waals surface area contributed by atoms with E-state index in [1.54, 1.807) is 62.4 Å². The van der Waals surface area contributed by atoms with Gasteiger partial charge in [0.15, 0.2) is 17.7 Å². The summed E-state index contributed by atoms with van der Waals surface area (Å²) in [6.07, 6.45) is 0.0123. The van der Waals surface area contributed by atoms with Gasteiger partial charge in [-0.25, -0.2) is 9.59 Å². The monoisotopic (exact) mass is 731 g/mol. The van der Waals surface area contributed by atoms with Crippen LogP contribution in [-0.4, -0.2) is 54.8 Å². The van der Waals surface area contributed by atoms with E-state index in [0.717, 1.165) is 0 Å². The number of rotatable bonds is 14. The summed E-state index contributed by atoms with van der Waals surface area (Å²) < 4.78 is 22.4. The molecule has 4 rings (SSSR count). The number of methoxy groups -OCH3 is 1. The predicted molar refractivity (Wildman–Crippen MR) is 176 cm³/mol. The maximum atomic E-state index is 12.4. The van der Waals surface area contributed by atoms with E-state index in [2.05, 4.69) is 37.1 Å². The average molecular weight is 733 g/mol. The minimum atomic E-state index is -1.28. The van der Waals surface area contributed by atoms with E-state index >= 15 is 0 Å². The standard InChI is InChI=1S/C31H31BrClN5O9/c1-4-45-25-13-19(28-27(30(40)44-3)17(2)35-31(41)36-28)9-10-24(25)46-16-26(39)37-34-14-18-11-21(32)29(23(12-18)38(42)43)47-15-20-7-5-6-8-22(20)33/h5-14,26,28,37,39H,4,15-16H2,1-3H3,(H2,35,36,41)/b34-14+/t26-,28-/m1/s1. The summed E-state index contributed by atoms with van der Waals surface area (Å²) in [5.74, 6) is 0.0183. The molecule has 16 heteroatoms. The molecule has 0 fully saturated rings. The quantitative estimate of drug-likeness (QED) is 0.0572. The number of benzene rings is 3. The van der Waals surface area contributed by atoms with Crippen molar-refractivity contribution in [1.29, 1.82) is 0 Å². The van der Waals surface area contributed by atoms with Crippen LogP contribution in [-0.2, 0) is 16.1 Å². The van der Waals surface area contributed by atoms with Crippen LogP contribution >= 0.6 is 27.5 Å². The van der Waals surface area contributed by atoms with Crippen LogP contribution in [0.15, 0.2) is 75.4 Å². The fraction of sp³-hybridized carbons (Fsp3) is 0.258.